The van der Waals surface area contributed by atoms with Gasteiger partial charge >= 0.3 is 0 Å². The molecule has 2 amide bonds. The molecule has 12 heteroatoms. The zero-order valence-corrected chi connectivity index (χ0v) is 24.1. The highest BCUT2D eigenvalue weighted by Crippen LogP contribution is 2.28. The Hall–Kier alpha value is -2.99. The van der Waals surface area contributed by atoms with Gasteiger partial charge in [0.1, 0.15) is 12.6 Å². The highest BCUT2D eigenvalue weighted by Gasteiger charge is 2.32. The van der Waals surface area contributed by atoms with Crippen molar-refractivity contribution in [1.29, 1.82) is 0 Å². The van der Waals surface area contributed by atoms with Crippen LogP contribution in [-0.2, 0) is 26.2 Å². The predicted octanol–water partition coefficient (Wildman–Crippen LogP) is 4.30. The van der Waals surface area contributed by atoms with Crippen molar-refractivity contribution in [2.24, 2.45) is 0 Å². The summed E-state index contributed by atoms with van der Waals surface area (Å²) in [6, 6.07) is 10.3. The van der Waals surface area contributed by atoms with Gasteiger partial charge in [0.05, 0.1) is 16.9 Å². The standard InChI is InChI=1S/C26H33BrN4O6S/c1-18-9-14-23(31(34)35)15-24(18)30(38(3,36)37)17-25(32)29(16-20-10-12-21(27)13-11-20)19(2)26(33)28-22-7-5-4-6-8-22/h9-15,19,22H,4-8,16-17H2,1-3H3,(H,28,33)/t19-/m0/s1. The number of carbonyl (C=O) groups excluding carboxylic acids is 2. The van der Waals surface area contributed by atoms with Crippen molar-refractivity contribution < 1.29 is 22.9 Å². The smallest absolute Gasteiger partial charge is 0.271 e. The molecule has 0 aliphatic heterocycles. The lowest BCUT2D eigenvalue weighted by Crippen LogP contribution is -2.53. The number of halogens is 1. The van der Waals surface area contributed by atoms with Crippen molar-refractivity contribution in [3.8, 4) is 0 Å². The molecule has 0 saturated heterocycles. The Morgan fingerprint density at radius 2 is 1.76 bits per heavy atom. The number of non-ortho nitro benzene ring substituents is 1. The molecule has 0 bridgehead atoms. The molecule has 2 aromatic rings. The van der Waals surface area contributed by atoms with Crippen molar-refractivity contribution >= 4 is 49.1 Å². The third-order valence-electron chi connectivity index (χ3n) is 6.74. The van der Waals surface area contributed by atoms with Crippen molar-refractivity contribution in [2.75, 3.05) is 17.1 Å². The summed E-state index contributed by atoms with van der Waals surface area (Å²) in [6.07, 6.45) is 5.91. The minimum atomic E-state index is -4.00. The minimum absolute atomic E-state index is 0.0398. The molecule has 1 aliphatic carbocycles. The van der Waals surface area contributed by atoms with E-state index in [1.54, 1.807) is 13.8 Å². The molecule has 2 aromatic carbocycles. The van der Waals surface area contributed by atoms with Crippen LogP contribution >= 0.6 is 15.9 Å². The Morgan fingerprint density at radius 3 is 2.34 bits per heavy atom. The predicted molar refractivity (Wildman–Crippen MR) is 149 cm³/mol. The van der Waals surface area contributed by atoms with Gasteiger partial charge in [-0.1, -0.05) is 53.4 Å². The first kappa shape index (κ1) is 29.6. The fraction of sp³-hybridized carbons (Fsp3) is 0.462. The van der Waals surface area contributed by atoms with E-state index in [4.69, 9.17) is 0 Å². The summed E-state index contributed by atoms with van der Waals surface area (Å²) in [5.74, 6) is -0.907. The van der Waals surface area contributed by atoms with E-state index in [0.29, 0.717) is 5.56 Å². The fourth-order valence-corrected chi connectivity index (χ4v) is 5.68. The summed E-state index contributed by atoms with van der Waals surface area (Å²) in [5, 5.41) is 14.4. The number of hydrogen-bond donors (Lipinski definition) is 1. The SMILES string of the molecule is Cc1ccc([N+](=O)[O-])cc1N(CC(=O)N(Cc1ccc(Br)cc1)[C@@H](C)C(=O)NC1CCCCC1)S(C)(=O)=O. The fourth-order valence-electron chi connectivity index (χ4n) is 4.51. The summed E-state index contributed by atoms with van der Waals surface area (Å²) in [7, 11) is -4.00. The molecule has 0 spiro atoms. The second kappa shape index (κ2) is 12.7. The third kappa shape index (κ3) is 7.76. The number of aryl methyl sites for hydroxylation is 1. The molecule has 1 N–H and O–H groups in total. The number of nitrogens with zero attached hydrogens (tertiary/aromatic N) is 3. The zero-order valence-electron chi connectivity index (χ0n) is 21.7. The maximum Gasteiger partial charge on any atom is 0.271 e. The van der Waals surface area contributed by atoms with E-state index in [1.165, 1.54) is 17.0 Å². The number of benzene rings is 2. The number of nitro groups is 1. The molecule has 1 fully saturated rings. The molecule has 1 aliphatic rings. The van der Waals surface area contributed by atoms with E-state index in [0.717, 1.165) is 58.8 Å². The molecule has 0 aromatic heterocycles. The lowest BCUT2D eigenvalue weighted by molar-refractivity contribution is -0.384. The quantitative estimate of drug-likeness (QED) is 0.316. The maximum atomic E-state index is 13.7. The van der Waals surface area contributed by atoms with Crippen LogP contribution in [0.4, 0.5) is 11.4 Å². The average molecular weight is 610 g/mol. The first-order chi connectivity index (χ1) is 17.9. The highest BCUT2D eigenvalue weighted by atomic mass is 79.9. The topological polar surface area (TPSA) is 130 Å². The minimum Gasteiger partial charge on any atom is -0.352 e. The van der Waals surface area contributed by atoms with E-state index in [-0.39, 0.29) is 29.9 Å². The van der Waals surface area contributed by atoms with Crippen LogP contribution < -0.4 is 9.62 Å². The summed E-state index contributed by atoms with van der Waals surface area (Å²) in [6.45, 7) is 2.70. The van der Waals surface area contributed by atoms with Gasteiger partial charge in [-0.3, -0.25) is 24.0 Å². The molecular weight excluding hydrogens is 576 g/mol. The molecule has 0 radical (unpaired) electrons. The van der Waals surface area contributed by atoms with Gasteiger partial charge in [0.25, 0.3) is 5.69 Å². The summed E-state index contributed by atoms with van der Waals surface area (Å²) < 4.78 is 27.3. The second-order valence-corrected chi connectivity index (χ2v) is 12.5. The molecular formula is C26H33BrN4O6S. The molecule has 3 rings (SSSR count). The number of amides is 2. The third-order valence-corrected chi connectivity index (χ3v) is 8.39. The van der Waals surface area contributed by atoms with Crippen LogP contribution in [-0.4, -0.2) is 54.9 Å². The first-order valence-electron chi connectivity index (χ1n) is 12.4. The number of sulfonamides is 1. The zero-order chi connectivity index (χ0) is 28.0. The highest BCUT2D eigenvalue weighted by molar-refractivity contribution is 9.10. The van der Waals surface area contributed by atoms with Gasteiger partial charge in [-0.25, -0.2) is 8.42 Å². The van der Waals surface area contributed by atoms with Gasteiger partial charge in [0.15, 0.2) is 0 Å². The van der Waals surface area contributed by atoms with Gasteiger partial charge in [-0.15, -0.1) is 0 Å². The van der Waals surface area contributed by atoms with Crippen LogP contribution in [0.3, 0.4) is 0 Å². The number of hydrogen-bond acceptors (Lipinski definition) is 6. The Labute approximate surface area is 231 Å². The lowest BCUT2D eigenvalue weighted by atomic mass is 9.95. The van der Waals surface area contributed by atoms with Crippen LogP contribution in [0, 0.1) is 17.0 Å². The Balaban J connectivity index is 1.92. The second-order valence-electron chi connectivity index (χ2n) is 9.67. The van der Waals surface area contributed by atoms with Crippen LogP contribution in [0.2, 0.25) is 0 Å². The monoisotopic (exact) mass is 608 g/mol. The Morgan fingerprint density at radius 1 is 1.13 bits per heavy atom. The summed E-state index contributed by atoms with van der Waals surface area (Å²) in [4.78, 5) is 39.0. The lowest BCUT2D eigenvalue weighted by Gasteiger charge is -2.33. The molecule has 38 heavy (non-hydrogen) atoms. The van der Waals surface area contributed by atoms with Crippen LogP contribution in [0.15, 0.2) is 46.9 Å². The number of nitrogens with one attached hydrogen (secondary N) is 1. The molecule has 0 heterocycles. The Bertz CT molecular complexity index is 1280. The van der Waals surface area contributed by atoms with Crippen molar-refractivity contribution in [2.45, 2.75) is 64.6 Å². The van der Waals surface area contributed by atoms with Gasteiger partial charge in [0, 0.05) is 29.2 Å². The van der Waals surface area contributed by atoms with Crippen molar-refractivity contribution in [3.63, 3.8) is 0 Å². The van der Waals surface area contributed by atoms with Crippen LogP contribution in [0.5, 0.6) is 0 Å². The van der Waals surface area contributed by atoms with E-state index in [9.17, 15) is 28.1 Å². The normalized spacial score (nSPS) is 14.9. The van der Waals surface area contributed by atoms with Gasteiger partial charge in [0.2, 0.25) is 21.8 Å². The van der Waals surface area contributed by atoms with Gasteiger partial charge in [-0.05, 0) is 49.9 Å². The number of nitro benzene ring substituents is 1. The molecule has 206 valence electrons. The average Bonchev–Trinajstić information content (AvgIpc) is 2.86. The number of rotatable bonds is 10. The van der Waals surface area contributed by atoms with E-state index < -0.39 is 33.4 Å². The Kier molecular flexibility index (Phi) is 9.88. The maximum absolute atomic E-state index is 13.7. The summed E-state index contributed by atoms with van der Waals surface area (Å²) >= 11 is 3.39. The van der Waals surface area contributed by atoms with E-state index >= 15 is 0 Å². The number of anilines is 1. The van der Waals surface area contributed by atoms with Crippen molar-refractivity contribution in [3.05, 3.63) is 68.2 Å². The molecule has 0 unspecified atom stereocenters. The molecule has 1 saturated carbocycles. The van der Waals surface area contributed by atoms with E-state index in [1.807, 2.05) is 24.3 Å². The summed E-state index contributed by atoms with van der Waals surface area (Å²) in [5.41, 5.74) is 0.962. The number of carbonyl (C=O) groups is 2. The molecule has 1 atom stereocenters. The van der Waals surface area contributed by atoms with Gasteiger partial charge in [-0.2, -0.15) is 0 Å². The largest absolute Gasteiger partial charge is 0.352 e. The first-order valence-corrected chi connectivity index (χ1v) is 15.1. The van der Waals surface area contributed by atoms with Crippen LogP contribution in [0.25, 0.3) is 0 Å². The van der Waals surface area contributed by atoms with E-state index in [2.05, 4.69) is 21.2 Å². The molecule has 10 nitrogen and oxygen atoms in total. The van der Waals surface area contributed by atoms with Gasteiger partial charge < -0.3 is 10.2 Å². The van der Waals surface area contributed by atoms with Crippen molar-refractivity contribution in [1.82, 2.24) is 10.2 Å². The van der Waals surface area contributed by atoms with Crippen LogP contribution in [0.1, 0.15) is 50.2 Å².